The van der Waals surface area contributed by atoms with Crippen molar-refractivity contribution in [2.75, 3.05) is 6.54 Å². The van der Waals surface area contributed by atoms with Crippen molar-refractivity contribution in [3.05, 3.63) is 45.5 Å². The number of ether oxygens (including phenoxy) is 2. The minimum Gasteiger partial charge on any atom is -0.444 e. The Labute approximate surface area is 312 Å². The van der Waals surface area contributed by atoms with Gasteiger partial charge in [0.15, 0.2) is 5.54 Å². The molecule has 4 heterocycles. The van der Waals surface area contributed by atoms with Crippen molar-refractivity contribution in [2.45, 2.75) is 126 Å². The summed E-state index contributed by atoms with van der Waals surface area (Å²) >= 11 is 12.7. The summed E-state index contributed by atoms with van der Waals surface area (Å²) in [6.45, 7) is 5.30. The van der Waals surface area contributed by atoms with E-state index in [9.17, 15) is 32.4 Å². The molecule has 4 aliphatic heterocycles. The first kappa shape index (κ1) is 36.8. The number of nitrogens with one attached hydrogen (secondary N) is 2. The second-order valence-corrected chi connectivity index (χ2v) is 18.3. The molecule has 52 heavy (non-hydrogen) atoms. The van der Waals surface area contributed by atoms with Crippen LogP contribution in [-0.4, -0.2) is 100 Å². The molecule has 1 aromatic carbocycles. The molecule has 17 heteroatoms. The lowest BCUT2D eigenvalue weighted by atomic mass is 10.1. The quantitative estimate of drug-likeness (QED) is 0.331. The summed E-state index contributed by atoms with van der Waals surface area (Å²) < 4.78 is 39.1. The maximum absolute atomic E-state index is 14.4. The first-order chi connectivity index (χ1) is 24.5. The molecule has 0 radical (unpaired) electrons. The number of hydrogen-bond acceptors (Lipinski definition) is 9. The lowest BCUT2D eigenvalue weighted by Gasteiger charge is -2.31. The maximum Gasteiger partial charge on any atom is 0.410 e. The zero-order chi connectivity index (χ0) is 37.3. The minimum absolute atomic E-state index is 0.0699. The molecule has 6 atom stereocenters. The van der Waals surface area contributed by atoms with Gasteiger partial charge in [-0.3, -0.25) is 24.0 Å². The summed E-state index contributed by atoms with van der Waals surface area (Å²) in [5, 5.41) is 3.00. The van der Waals surface area contributed by atoms with Gasteiger partial charge in [-0.1, -0.05) is 48.2 Å². The molecule has 5 amide bonds. The normalized spacial score (nSPS) is 30.6. The zero-order valence-corrected chi connectivity index (χ0v) is 31.6. The van der Waals surface area contributed by atoms with Crippen LogP contribution in [-0.2, 0) is 47.0 Å². The Morgan fingerprint density at radius 3 is 2.27 bits per heavy atom. The van der Waals surface area contributed by atoms with Crippen molar-refractivity contribution in [2.24, 2.45) is 5.92 Å². The van der Waals surface area contributed by atoms with Gasteiger partial charge in [-0.15, -0.1) is 0 Å². The van der Waals surface area contributed by atoms with Gasteiger partial charge in [0, 0.05) is 22.4 Å². The molecule has 2 saturated heterocycles. The second-order valence-electron chi connectivity index (χ2n) is 15.5. The molecule has 4 fully saturated rings. The van der Waals surface area contributed by atoms with E-state index in [4.69, 9.17) is 32.7 Å². The molecular formula is C35H43Cl2N5O9S. The smallest absolute Gasteiger partial charge is 0.410 e. The number of amides is 5. The lowest BCUT2D eigenvalue weighted by Crippen LogP contribution is -2.55. The molecule has 6 aliphatic rings. The summed E-state index contributed by atoms with van der Waals surface area (Å²) in [5.41, 5.74) is -0.785. The monoisotopic (exact) mass is 779 g/mol. The van der Waals surface area contributed by atoms with E-state index in [0.29, 0.717) is 46.9 Å². The Hall–Kier alpha value is -3.56. The average Bonchev–Trinajstić information content (AvgIpc) is 4.01. The Kier molecular flexibility index (Phi) is 9.47. The number of carbonyl (C=O) groups excluding carboxylic acids is 5. The van der Waals surface area contributed by atoms with Crippen molar-refractivity contribution in [1.82, 2.24) is 24.7 Å². The number of fused-ring (bicyclic) bond motifs is 4. The van der Waals surface area contributed by atoms with Crippen LogP contribution in [0.2, 0.25) is 10.0 Å². The van der Waals surface area contributed by atoms with Gasteiger partial charge in [-0.2, -0.15) is 0 Å². The molecule has 0 bridgehead atoms. The van der Waals surface area contributed by atoms with E-state index in [1.54, 1.807) is 32.9 Å². The van der Waals surface area contributed by atoms with Gasteiger partial charge in [0.25, 0.3) is 5.91 Å². The Morgan fingerprint density at radius 1 is 0.962 bits per heavy atom. The molecule has 2 saturated carbocycles. The van der Waals surface area contributed by atoms with Crippen LogP contribution in [0.5, 0.6) is 0 Å². The average molecular weight is 781 g/mol. The predicted octanol–water partition coefficient (Wildman–Crippen LogP) is 4.02. The summed E-state index contributed by atoms with van der Waals surface area (Å²) in [4.78, 5) is 72.9. The minimum atomic E-state index is -3.89. The van der Waals surface area contributed by atoms with Crippen LogP contribution >= 0.6 is 23.2 Å². The Morgan fingerprint density at radius 2 is 1.63 bits per heavy atom. The molecule has 0 spiro atoms. The number of halogens is 2. The second kappa shape index (κ2) is 13.4. The number of carbonyl (C=O) groups is 5. The number of rotatable bonds is 5. The topological polar surface area (TPSA) is 171 Å². The fraction of sp³-hybridized carbons (Fsp3) is 0.629. The first-order valence-electron chi connectivity index (χ1n) is 17.8. The Bertz CT molecular complexity index is 1820. The van der Waals surface area contributed by atoms with Crippen LogP contribution in [0, 0.1) is 5.92 Å². The summed E-state index contributed by atoms with van der Waals surface area (Å²) in [5.74, 6) is -2.23. The third kappa shape index (κ3) is 6.84. The fourth-order valence-electron chi connectivity index (χ4n) is 7.81. The molecular weight excluding hydrogens is 737 g/mol. The van der Waals surface area contributed by atoms with Gasteiger partial charge >= 0.3 is 12.2 Å². The van der Waals surface area contributed by atoms with E-state index >= 15 is 0 Å². The molecule has 2 aliphatic carbocycles. The number of benzene rings is 1. The molecule has 1 aromatic rings. The van der Waals surface area contributed by atoms with Crippen molar-refractivity contribution in [3.63, 3.8) is 0 Å². The largest absolute Gasteiger partial charge is 0.444 e. The molecule has 14 nitrogen and oxygen atoms in total. The number of alkyl carbamates (subject to hydrolysis) is 1. The van der Waals surface area contributed by atoms with Crippen LogP contribution in [0.4, 0.5) is 9.59 Å². The SMILES string of the molecule is CC(C)(C)OC(=O)N[C@H]1CCCCC/C=C\[C@@H]2C3N(C(=O)[C@@H]4C[C@@H](OC(=O)N5Cc6c(Cl)ccc(Cl)c6C5)CN4C1=O)[C@]32C(=O)NS(=O)(=O)C1CC1. The van der Waals surface area contributed by atoms with Crippen LogP contribution in [0.1, 0.15) is 83.3 Å². The Balaban J connectivity index is 1.14. The van der Waals surface area contributed by atoms with Gasteiger partial charge in [0.05, 0.1) is 30.9 Å². The van der Waals surface area contributed by atoms with Gasteiger partial charge in [0.1, 0.15) is 23.8 Å². The van der Waals surface area contributed by atoms with Crippen molar-refractivity contribution in [3.8, 4) is 0 Å². The number of hydrogen-bond donors (Lipinski definition) is 2. The highest BCUT2D eigenvalue weighted by Crippen LogP contribution is 2.69. The van der Waals surface area contributed by atoms with Crippen molar-refractivity contribution < 1.29 is 41.9 Å². The predicted molar refractivity (Wildman–Crippen MR) is 188 cm³/mol. The third-order valence-electron chi connectivity index (χ3n) is 10.7. The molecule has 282 valence electrons. The highest BCUT2D eigenvalue weighted by atomic mass is 35.5. The molecule has 0 aromatic heterocycles. The lowest BCUT2D eigenvalue weighted by molar-refractivity contribution is -0.145. The van der Waals surface area contributed by atoms with E-state index in [0.717, 1.165) is 12.8 Å². The maximum atomic E-state index is 14.4. The molecule has 1 unspecified atom stereocenters. The van der Waals surface area contributed by atoms with E-state index in [1.807, 2.05) is 12.2 Å². The molecule has 2 N–H and O–H groups in total. The zero-order valence-electron chi connectivity index (χ0n) is 29.2. The van der Waals surface area contributed by atoms with Gasteiger partial charge in [-0.25, -0.2) is 18.0 Å². The van der Waals surface area contributed by atoms with Crippen LogP contribution in [0.3, 0.4) is 0 Å². The van der Waals surface area contributed by atoms with Gasteiger partial charge in [0.2, 0.25) is 21.8 Å². The highest BCUT2D eigenvalue weighted by Gasteiger charge is 2.91. The van der Waals surface area contributed by atoms with Crippen LogP contribution < -0.4 is 10.0 Å². The van der Waals surface area contributed by atoms with Crippen LogP contribution in [0.25, 0.3) is 0 Å². The summed E-state index contributed by atoms with van der Waals surface area (Å²) in [7, 11) is -3.89. The van der Waals surface area contributed by atoms with E-state index < -0.39 is 80.6 Å². The standard InChI is InChI=1S/C35H43Cl2N5O9S/c1-34(2,3)51-32(46)38-26-10-8-6-4-5-7-9-23-28-35(23,31(45)39-52(48,49)20-11-12-20)42(28)30(44)27-15-19(16-41(27)29(26)43)50-33(47)40-17-21-22(18-40)25(37)14-13-24(21)36/h7,9,13-14,19-20,23,26-28H,4-6,8,10-12,15-18H2,1-3H3,(H,38,46)(H,39,45)/b9-7-/t19-,23-,26+,27+,28?,35+,42?/m1/s1. The third-order valence-corrected chi connectivity index (χ3v) is 13.2. The van der Waals surface area contributed by atoms with Crippen molar-refractivity contribution >= 4 is 63.1 Å². The highest BCUT2D eigenvalue weighted by molar-refractivity contribution is 7.91. The summed E-state index contributed by atoms with van der Waals surface area (Å²) in [6.07, 6.45) is 5.38. The van der Waals surface area contributed by atoms with Gasteiger partial charge < -0.3 is 24.6 Å². The van der Waals surface area contributed by atoms with Gasteiger partial charge in [-0.05, 0) is 76.1 Å². The summed E-state index contributed by atoms with van der Waals surface area (Å²) in [6, 6.07) is 0.550. The first-order valence-corrected chi connectivity index (χ1v) is 20.1. The fourth-order valence-corrected chi connectivity index (χ4v) is 9.63. The van der Waals surface area contributed by atoms with Crippen molar-refractivity contribution in [1.29, 1.82) is 0 Å². The number of sulfonamides is 1. The number of nitrogens with zero attached hydrogens (tertiary/aromatic N) is 3. The van der Waals surface area contributed by atoms with Crippen LogP contribution in [0.15, 0.2) is 24.3 Å². The van der Waals surface area contributed by atoms with E-state index in [2.05, 4.69) is 10.0 Å². The van der Waals surface area contributed by atoms with E-state index in [-0.39, 0.29) is 38.4 Å². The van der Waals surface area contributed by atoms with E-state index in [1.165, 1.54) is 14.7 Å². The number of allylic oxidation sites excluding steroid dienone is 1. The molecule has 7 rings (SSSR count).